The molecule has 2 aliphatic heterocycles. The maximum Gasteiger partial charge on any atom is 0.421 e. The molecule has 0 unspecified atom stereocenters. The van der Waals surface area contributed by atoms with E-state index >= 15 is 0 Å². The first-order valence-corrected chi connectivity index (χ1v) is 12.9. The van der Waals surface area contributed by atoms with Gasteiger partial charge in [-0.3, -0.25) is 0 Å². The van der Waals surface area contributed by atoms with Crippen molar-refractivity contribution in [1.82, 2.24) is 25.5 Å². The number of aromatic nitrogens is 2. The van der Waals surface area contributed by atoms with Crippen LogP contribution in [0.5, 0.6) is 5.75 Å². The molecule has 10 nitrogen and oxygen atoms in total. The quantitative estimate of drug-likeness (QED) is 0.466. The van der Waals surface area contributed by atoms with Gasteiger partial charge in [-0.25, -0.2) is 9.78 Å². The minimum Gasteiger partial charge on any atom is -0.494 e. The fourth-order valence-electron chi connectivity index (χ4n) is 3.87. The number of nitrogens with zero attached hydrogens (tertiary/aromatic N) is 4. The van der Waals surface area contributed by atoms with Crippen molar-refractivity contribution in [3.8, 4) is 5.75 Å². The van der Waals surface area contributed by atoms with Crippen LogP contribution in [0.3, 0.4) is 0 Å². The van der Waals surface area contributed by atoms with E-state index in [4.69, 9.17) is 21.1 Å². The molecule has 3 heterocycles. The zero-order chi connectivity index (χ0) is 28.6. The molecule has 216 valence electrons. The molecule has 0 spiro atoms. The summed E-state index contributed by atoms with van der Waals surface area (Å²) >= 11 is 5.66. The topological polar surface area (TPSA) is 104 Å². The van der Waals surface area contributed by atoms with Gasteiger partial charge in [0.15, 0.2) is 0 Å². The van der Waals surface area contributed by atoms with Gasteiger partial charge in [0.05, 0.1) is 12.8 Å². The molecule has 0 radical (unpaired) electrons. The average Bonchev–Trinajstić information content (AvgIpc) is 2.89. The van der Waals surface area contributed by atoms with Gasteiger partial charge >= 0.3 is 12.3 Å². The van der Waals surface area contributed by atoms with Gasteiger partial charge in [-0.2, -0.15) is 18.2 Å². The third-order valence-corrected chi connectivity index (χ3v) is 5.94. The van der Waals surface area contributed by atoms with Crippen LogP contribution in [0.2, 0.25) is 5.28 Å². The zero-order valence-corrected chi connectivity index (χ0v) is 23.2. The van der Waals surface area contributed by atoms with Crippen LogP contribution in [0.4, 0.5) is 35.2 Å². The van der Waals surface area contributed by atoms with Crippen LogP contribution in [-0.4, -0.2) is 86.0 Å². The molecule has 39 heavy (non-hydrogen) atoms. The van der Waals surface area contributed by atoms with E-state index in [1.807, 2.05) is 26.8 Å². The van der Waals surface area contributed by atoms with E-state index in [0.29, 0.717) is 17.6 Å². The van der Waals surface area contributed by atoms with Crippen molar-refractivity contribution < 1.29 is 27.4 Å². The fourth-order valence-corrected chi connectivity index (χ4v) is 4.00. The van der Waals surface area contributed by atoms with Gasteiger partial charge < -0.3 is 35.2 Å². The van der Waals surface area contributed by atoms with Gasteiger partial charge in [-0.05, 0) is 44.5 Å². The van der Waals surface area contributed by atoms with Crippen molar-refractivity contribution in [3.63, 3.8) is 0 Å². The number of alkyl halides is 3. The SMILES string of the molecule is CC(C)(C)OC(=O)N1CCNCC1.COc1cc(N2CCNCC2)ccc1Nc1nc(Cl)ncc1C(F)(F)F. The minimum absolute atomic E-state index is 0.200. The van der Waals surface area contributed by atoms with Crippen LogP contribution in [0.25, 0.3) is 0 Å². The summed E-state index contributed by atoms with van der Waals surface area (Å²) in [6, 6.07) is 5.27. The molecule has 14 heteroatoms. The van der Waals surface area contributed by atoms with Crippen LogP contribution in [0.15, 0.2) is 24.4 Å². The Kier molecular flexibility index (Phi) is 10.4. The predicted molar refractivity (Wildman–Crippen MR) is 144 cm³/mol. The number of amides is 1. The van der Waals surface area contributed by atoms with Crippen molar-refractivity contribution in [2.75, 3.05) is 69.7 Å². The lowest BCUT2D eigenvalue weighted by Gasteiger charge is -2.30. The normalized spacial score (nSPS) is 16.2. The number of piperazine rings is 2. The van der Waals surface area contributed by atoms with Crippen molar-refractivity contribution in [2.24, 2.45) is 0 Å². The summed E-state index contributed by atoms with van der Waals surface area (Å²) < 4.78 is 50.1. The molecular weight excluding hydrogens is 539 g/mol. The summed E-state index contributed by atoms with van der Waals surface area (Å²) in [5, 5.41) is 8.82. The van der Waals surface area contributed by atoms with Gasteiger partial charge in [0.2, 0.25) is 5.28 Å². The summed E-state index contributed by atoms with van der Waals surface area (Å²) in [6.07, 6.45) is -4.16. The number of methoxy groups -OCH3 is 1. The number of rotatable bonds is 4. The Hall–Kier alpha value is -3.03. The average molecular weight is 574 g/mol. The Morgan fingerprint density at radius 2 is 1.67 bits per heavy atom. The monoisotopic (exact) mass is 573 g/mol. The van der Waals surface area contributed by atoms with E-state index in [0.717, 1.165) is 58.0 Å². The molecule has 0 aliphatic carbocycles. The van der Waals surface area contributed by atoms with Crippen LogP contribution in [0.1, 0.15) is 26.3 Å². The van der Waals surface area contributed by atoms with E-state index in [2.05, 4.69) is 30.8 Å². The van der Waals surface area contributed by atoms with Crippen LogP contribution < -0.4 is 25.6 Å². The molecule has 2 fully saturated rings. The first-order valence-electron chi connectivity index (χ1n) is 12.6. The van der Waals surface area contributed by atoms with E-state index in [-0.39, 0.29) is 17.0 Å². The van der Waals surface area contributed by atoms with Crippen molar-refractivity contribution in [1.29, 1.82) is 0 Å². The van der Waals surface area contributed by atoms with E-state index in [1.54, 1.807) is 17.0 Å². The number of hydrogen-bond donors (Lipinski definition) is 3. The Balaban J connectivity index is 0.000000272. The van der Waals surface area contributed by atoms with Crippen LogP contribution in [-0.2, 0) is 10.9 Å². The minimum atomic E-state index is -4.61. The summed E-state index contributed by atoms with van der Waals surface area (Å²) in [5.41, 5.74) is -0.102. The van der Waals surface area contributed by atoms with Crippen molar-refractivity contribution in [2.45, 2.75) is 32.5 Å². The van der Waals surface area contributed by atoms with Gasteiger partial charge in [0, 0.05) is 70.3 Å². The smallest absolute Gasteiger partial charge is 0.421 e. The van der Waals surface area contributed by atoms with Crippen molar-refractivity contribution in [3.05, 3.63) is 35.2 Å². The van der Waals surface area contributed by atoms with Gasteiger partial charge in [-0.15, -0.1) is 0 Å². The molecule has 1 aromatic carbocycles. The summed E-state index contributed by atoms with van der Waals surface area (Å²) in [6.45, 7) is 12.3. The van der Waals surface area contributed by atoms with E-state index in [9.17, 15) is 18.0 Å². The Labute approximate surface area is 231 Å². The van der Waals surface area contributed by atoms with E-state index < -0.39 is 17.6 Å². The summed E-state index contributed by atoms with van der Waals surface area (Å²) in [5.74, 6) is -0.0189. The molecule has 0 bridgehead atoms. The summed E-state index contributed by atoms with van der Waals surface area (Å²) in [4.78, 5) is 22.5. The highest BCUT2D eigenvalue weighted by atomic mass is 35.5. The molecule has 1 amide bonds. The lowest BCUT2D eigenvalue weighted by Crippen LogP contribution is -2.48. The highest BCUT2D eigenvalue weighted by molar-refractivity contribution is 6.28. The Morgan fingerprint density at radius 1 is 1.05 bits per heavy atom. The first-order chi connectivity index (χ1) is 18.4. The Morgan fingerprint density at radius 3 is 2.23 bits per heavy atom. The highest BCUT2D eigenvalue weighted by Crippen LogP contribution is 2.37. The number of carbonyl (C=O) groups is 1. The second-order valence-electron chi connectivity index (χ2n) is 9.86. The molecule has 3 N–H and O–H groups in total. The van der Waals surface area contributed by atoms with E-state index in [1.165, 1.54) is 7.11 Å². The number of nitrogens with one attached hydrogen (secondary N) is 3. The fraction of sp³-hybridized carbons (Fsp3) is 0.560. The molecule has 0 atom stereocenters. The number of anilines is 3. The van der Waals surface area contributed by atoms with Gasteiger partial charge in [0.1, 0.15) is 22.7 Å². The maximum absolute atomic E-state index is 13.2. The molecule has 2 aromatic rings. The second kappa shape index (κ2) is 13.4. The molecule has 1 aromatic heterocycles. The molecule has 2 saturated heterocycles. The highest BCUT2D eigenvalue weighted by Gasteiger charge is 2.35. The Bertz CT molecular complexity index is 1100. The first kappa shape index (κ1) is 30.5. The lowest BCUT2D eigenvalue weighted by molar-refractivity contribution is -0.137. The standard InChI is InChI=1S/C16H17ClF3N5O.C9H18N2O2/c1-26-13-8-10(25-6-4-21-5-7-25)2-3-12(13)23-14-11(16(18,19)20)9-22-15(17)24-14;1-9(2,3)13-8(12)11-6-4-10-5-7-11/h2-3,8-9,21H,4-7H2,1H3,(H,22,23,24);10H,4-7H2,1-3H3. The molecular formula is C25H35ClF3N7O3. The molecule has 0 saturated carbocycles. The molecule has 2 aliphatic rings. The van der Waals surface area contributed by atoms with Crippen LogP contribution >= 0.6 is 11.6 Å². The molecule has 4 rings (SSSR count). The predicted octanol–water partition coefficient (Wildman–Crippen LogP) is 4.14. The third-order valence-electron chi connectivity index (χ3n) is 5.75. The van der Waals surface area contributed by atoms with Gasteiger partial charge in [0.25, 0.3) is 0 Å². The number of ether oxygens (including phenoxy) is 2. The van der Waals surface area contributed by atoms with Gasteiger partial charge in [-0.1, -0.05) is 0 Å². The van der Waals surface area contributed by atoms with Crippen LogP contribution in [0, 0.1) is 0 Å². The number of carbonyl (C=O) groups excluding carboxylic acids is 1. The number of benzene rings is 1. The maximum atomic E-state index is 13.2. The summed E-state index contributed by atoms with van der Waals surface area (Å²) in [7, 11) is 1.46. The second-order valence-corrected chi connectivity index (χ2v) is 10.2. The third kappa shape index (κ3) is 9.29. The largest absolute Gasteiger partial charge is 0.494 e. The number of halogens is 4. The lowest BCUT2D eigenvalue weighted by atomic mass is 10.2. The number of hydrogen-bond acceptors (Lipinski definition) is 9. The zero-order valence-electron chi connectivity index (χ0n) is 22.5. The van der Waals surface area contributed by atoms with Crippen molar-refractivity contribution >= 4 is 34.9 Å².